The first-order valence-corrected chi connectivity index (χ1v) is 16.3. The summed E-state index contributed by atoms with van der Waals surface area (Å²) in [5.74, 6) is -4.01. The van der Waals surface area contributed by atoms with Crippen LogP contribution >= 0.6 is 38.5 Å². The fraction of sp³-hybridized carbons (Fsp3) is 0.294. The Balaban J connectivity index is 1.39. The van der Waals surface area contributed by atoms with Gasteiger partial charge in [-0.3, -0.25) is 24.1 Å². The van der Waals surface area contributed by atoms with E-state index in [0.29, 0.717) is 27.8 Å². The van der Waals surface area contributed by atoms with Crippen LogP contribution in [0.4, 0.5) is 11.4 Å². The van der Waals surface area contributed by atoms with Gasteiger partial charge in [-0.2, -0.15) is 0 Å². The second-order valence-corrected chi connectivity index (χ2v) is 14.1. The maximum Gasteiger partial charge on any atom is 0.241 e. The van der Waals surface area contributed by atoms with Gasteiger partial charge < -0.3 is 9.84 Å². The van der Waals surface area contributed by atoms with Crippen molar-refractivity contribution >= 4 is 73.5 Å². The second kappa shape index (κ2) is 10.5. The summed E-state index contributed by atoms with van der Waals surface area (Å²) >= 11 is 5.62. The number of anilines is 2. The van der Waals surface area contributed by atoms with Crippen LogP contribution in [0.1, 0.15) is 31.2 Å². The summed E-state index contributed by atoms with van der Waals surface area (Å²) in [6.45, 7) is 1.83. The van der Waals surface area contributed by atoms with E-state index in [9.17, 15) is 24.3 Å². The lowest BCUT2D eigenvalue weighted by Gasteiger charge is -2.49. The van der Waals surface area contributed by atoms with Gasteiger partial charge in [-0.05, 0) is 118 Å². The highest BCUT2D eigenvalue weighted by molar-refractivity contribution is 14.1. The fourth-order valence-corrected chi connectivity index (χ4v) is 8.80. The summed E-state index contributed by atoms with van der Waals surface area (Å²) in [5.41, 5.74) is 1.38. The minimum Gasteiger partial charge on any atom is -0.503 e. The number of ether oxygens (including phenoxy) is 1. The maximum absolute atomic E-state index is 14.5. The molecule has 2 heterocycles. The number of halogens is 2. The molecule has 0 spiro atoms. The van der Waals surface area contributed by atoms with Crippen molar-refractivity contribution in [2.75, 3.05) is 16.9 Å². The molecule has 6 atom stereocenters. The van der Waals surface area contributed by atoms with Gasteiger partial charge >= 0.3 is 0 Å². The molecule has 0 bridgehead atoms. The molecule has 0 radical (unpaired) electrons. The van der Waals surface area contributed by atoms with Gasteiger partial charge in [-0.15, -0.1) is 0 Å². The molecule has 44 heavy (non-hydrogen) atoms. The van der Waals surface area contributed by atoms with Gasteiger partial charge in [0.05, 0.1) is 46.1 Å². The van der Waals surface area contributed by atoms with Crippen molar-refractivity contribution in [2.24, 2.45) is 29.1 Å². The minimum atomic E-state index is -1.19. The Morgan fingerprint density at radius 3 is 2.27 bits per heavy atom. The van der Waals surface area contributed by atoms with Gasteiger partial charge in [-0.1, -0.05) is 29.8 Å². The number of para-hydroxylation sites is 1. The second-order valence-electron chi connectivity index (χ2n) is 12.0. The molecule has 8 nitrogen and oxygen atoms in total. The molecule has 3 fully saturated rings. The number of amides is 4. The normalized spacial score (nSPS) is 29.4. The van der Waals surface area contributed by atoms with E-state index in [2.05, 4.69) is 38.5 Å². The van der Waals surface area contributed by atoms with Gasteiger partial charge in [0.25, 0.3) is 0 Å². The average molecular weight is 767 g/mol. The SMILES string of the molecule is COc1cc([C@H]2C3=CC[C@@H]4C(=O)N(c5ccc(I)cc5)C(=O)[C@@H]4[C@@H]3C[C@H]3C(=O)N(c4ccccc4)C(=O)[C@@]23C)cc(Br)c1O. The Hall–Kier alpha value is -3.51. The highest BCUT2D eigenvalue weighted by Crippen LogP contribution is 2.64. The molecule has 2 aliphatic carbocycles. The van der Waals surface area contributed by atoms with E-state index in [-0.39, 0.29) is 41.5 Å². The monoisotopic (exact) mass is 766 g/mol. The van der Waals surface area contributed by atoms with Crippen LogP contribution in [0, 0.1) is 32.7 Å². The number of hydrogen-bond donors (Lipinski definition) is 1. The van der Waals surface area contributed by atoms with Crippen molar-refractivity contribution in [3.05, 3.63) is 92.0 Å². The molecule has 3 aromatic carbocycles. The van der Waals surface area contributed by atoms with Crippen LogP contribution in [0.25, 0.3) is 0 Å². The number of phenols is 1. The van der Waals surface area contributed by atoms with Gasteiger partial charge in [-0.25, -0.2) is 4.90 Å². The van der Waals surface area contributed by atoms with E-state index in [4.69, 9.17) is 4.74 Å². The van der Waals surface area contributed by atoms with Gasteiger partial charge in [0.2, 0.25) is 23.6 Å². The lowest BCUT2D eigenvalue weighted by atomic mass is 9.51. The van der Waals surface area contributed by atoms with Gasteiger partial charge in [0, 0.05) is 9.49 Å². The number of methoxy groups -OCH3 is 1. The van der Waals surface area contributed by atoms with Crippen molar-refractivity contribution in [1.82, 2.24) is 0 Å². The van der Waals surface area contributed by atoms with Gasteiger partial charge in [0.1, 0.15) is 0 Å². The van der Waals surface area contributed by atoms with E-state index in [1.165, 1.54) is 16.9 Å². The number of aromatic hydroxyl groups is 1. The third-order valence-electron chi connectivity index (χ3n) is 9.98. The van der Waals surface area contributed by atoms with E-state index < -0.39 is 35.0 Å². The Bertz CT molecular complexity index is 1780. The topological polar surface area (TPSA) is 104 Å². The highest BCUT2D eigenvalue weighted by atomic mass is 127. The average Bonchev–Trinajstić information content (AvgIpc) is 3.39. The van der Waals surface area contributed by atoms with Crippen molar-refractivity contribution in [3.8, 4) is 11.5 Å². The number of imide groups is 2. The van der Waals surface area contributed by atoms with E-state index in [1.807, 2.05) is 31.2 Å². The summed E-state index contributed by atoms with van der Waals surface area (Å²) < 4.78 is 6.86. The van der Waals surface area contributed by atoms with E-state index >= 15 is 0 Å². The molecule has 4 aliphatic rings. The predicted octanol–water partition coefficient (Wildman–Crippen LogP) is 6.20. The number of carbonyl (C=O) groups is 4. The number of fused-ring (bicyclic) bond motifs is 4. The van der Waals surface area contributed by atoms with Crippen LogP contribution < -0.4 is 14.5 Å². The fourth-order valence-electron chi connectivity index (χ4n) is 7.98. The van der Waals surface area contributed by atoms with Crippen LogP contribution in [0.5, 0.6) is 11.5 Å². The molecular weight excluding hydrogens is 739 g/mol. The van der Waals surface area contributed by atoms with Crippen molar-refractivity contribution in [1.29, 1.82) is 0 Å². The Morgan fingerprint density at radius 2 is 1.59 bits per heavy atom. The van der Waals surface area contributed by atoms with Crippen LogP contribution in [0.15, 0.2) is 82.9 Å². The Labute approximate surface area is 276 Å². The first-order valence-electron chi connectivity index (χ1n) is 14.4. The zero-order chi connectivity index (χ0) is 31.1. The molecule has 4 amide bonds. The van der Waals surface area contributed by atoms with Crippen molar-refractivity contribution in [3.63, 3.8) is 0 Å². The Morgan fingerprint density at radius 1 is 0.909 bits per heavy atom. The van der Waals surface area contributed by atoms with Crippen molar-refractivity contribution < 1.29 is 29.0 Å². The minimum absolute atomic E-state index is 0.0764. The molecule has 0 unspecified atom stereocenters. The summed E-state index contributed by atoms with van der Waals surface area (Å²) in [7, 11) is 1.45. The molecule has 224 valence electrons. The summed E-state index contributed by atoms with van der Waals surface area (Å²) in [6.07, 6.45) is 2.63. The third kappa shape index (κ3) is 4.06. The van der Waals surface area contributed by atoms with Crippen LogP contribution in [0.3, 0.4) is 0 Å². The highest BCUT2D eigenvalue weighted by Gasteiger charge is 2.67. The van der Waals surface area contributed by atoms with Crippen LogP contribution in [0.2, 0.25) is 0 Å². The van der Waals surface area contributed by atoms with Crippen molar-refractivity contribution in [2.45, 2.75) is 25.7 Å². The summed E-state index contributed by atoms with van der Waals surface area (Å²) in [5, 5.41) is 10.6. The number of carbonyl (C=O) groups excluding carboxylic acids is 4. The molecule has 7 rings (SSSR count). The zero-order valence-corrected chi connectivity index (χ0v) is 27.6. The number of benzene rings is 3. The summed E-state index contributed by atoms with van der Waals surface area (Å²) in [6, 6.07) is 19.6. The number of allylic oxidation sites excluding steroid dienone is 2. The lowest BCUT2D eigenvalue weighted by molar-refractivity contribution is -0.131. The van der Waals surface area contributed by atoms with E-state index in [1.54, 1.807) is 48.5 Å². The Kier molecular flexibility index (Phi) is 7.00. The zero-order valence-electron chi connectivity index (χ0n) is 23.9. The third-order valence-corrected chi connectivity index (χ3v) is 11.3. The largest absolute Gasteiger partial charge is 0.503 e. The number of rotatable bonds is 4. The standard InChI is InChI=1S/C34H28BrIN2O6/c1-34-24(31(41)38(33(34)43)19-6-4-3-5-7-19)16-23-21(28(34)17-14-25(35)29(39)26(15-17)44-2)12-13-22-27(23)32(42)37(30(22)40)20-10-8-18(36)9-11-20/h3-12,14-15,22-24,27-28,39H,13,16H2,1-2H3/t22-,23+,24-,27-,28-,34+/m0/s1. The number of phenolic OH excluding ortho intramolecular Hbond substituents is 1. The maximum atomic E-state index is 14.5. The summed E-state index contributed by atoms with van der Waals surface area (Å²) in [4.78, 5) is 59.3. The van der Waals surface area contributed by atoms with Crippen LogP contribution in [-0.2, 0) is 19.2 Å². The lowest BCUT2D eigenvalue weighted by Crippen LogP contribution is -2.48. The molecule has 2 aliphatic heterocycles. The number of nitrogens with zero attached hydrogens (tertiary/aromatic N) is 2. The number of hydrogen-bond acceptors (Lipinski definition) is 6. The molecule has 3 aromatic rings. The molecule has 0 aromatic heterocycles. The predicted molar refractivity (Wildman–Crippen MR) is 175 cm³/mol. The molecule has 10 heteroatoms. The molecule has 1 N–H and O–H groups in total. The van der Waals surface area contributed by atoms with Gasteiger partial charge in [0.15, 0.2) is 11.5 Å². The molecule has 1 saturated carbocycles. The first-order chi connectivity index (χ1) is 21.1. The molecule has 2 saturated heterocycles. The quantitative estimate of drug-likeness (QED) is 0.193. The van der Waals surface area contributed by atoms with Crippen LogP contribution in [-0.4, -0.2) is 35.8 Å². The smallest absolute Gasteiger partial charge is 0.241 e. The van der Waals surface area contributed by atoms with E-state index in [0.717, 1.165) is 9.14 Å². The first kappa shape index (κ1) is 29.2. The molecular formula is C34H28BrIN2O6.